The zero-order chi connectivity index (χ0) is 16.4. The van der Waals surface area contributed by atoms with Gasteiger partial charge in [0.25, 0.3) is 5.56 Å². The molecule has 1 fully saturated rings. The Kier molecular flexibility index (Phi) is 7.73. The molecule has 0 radical (unpaired) electrons. The lowest BCUT2D eigenvalue weighted by Gasteiger charge is -2.36. The normalized spacial score (nSPS) is 14.6. The fourth-order valence-electron chi connectivity index (χ4n) is 3.00. The monoisotopic (exact) mass is 386 g/mol. The molecule has 1 aromatic carbocycles. The number of aromatic nitrogens is 2. The van der Waals surface area contributed by atoms with E-state index in [1.807, 2.05) is 6.07 Å². The van der Waals surface area contributed by atoms with Crippen LogP contribution in [0.15, 0.2) is 46.0 Å². The number of rotatable bonds is 3. The minimum Gasteiger partial charge on any atom is -0.355 e. The Morgan fingerprint density at radius 3 is 2.08 bits per heavy atom. The van der Waals surface area contributed by atoms with Gasteiger partial charge in [0.2, 0.25) is 0 Å². The third-order valence-corrected chi connectivity index (χ3v) is 4.45. The van der Waals surface area contributed by atoms with E-state index in [1.54, 1.807) is 17.7 Å². The molecule has 0 N–H and O–H groups in total. The summed E-state index contributed by atoms with van der Waals surface area (Å²) in [6, 6.07) is 12.0. The molecule has 0 amide bonds. The van der Waals surface area contributed by atoms with Crippen molar-refractivity contribution < 1.29 is 0 Å². The molecular weight excluding hydrogens is 363 g/mol. The first-order valence-corrected chi connectivity index (χ1v) is 7.84. The van der Waals surface area contributed by atoms with E-state index in [0.29, 0.717) is 5.82 Å². The summed E-state index contributed by atoms with van der Waals surface area (Å²) in [7, 11) is 3.22. The Morgan fingerprint density at radius 2 is 1.48 bits per heavy atom. The summed E-state index contributed by atoms with van der Waals surface area (Å²) in [5.74, 6) is 0.706. The molecule has 3 rings (SSSR count). The van der Waals surface area contributed by atoms with E-state index in [-0.39, 0.29) is 36.1 Å². The molecular formula is C17H24Cl2N4O2. The van der Waals surface area contributed by atoms with Crippen molar-refractivity contribution in [3.05, 3.63) is 62.8 Å². The van der Waals surface area contributed by atoms with Crippen molar-refractivity contribution in [1.82, 2.24) is 14.0 Å². The van der Waals surface area contributed by atoms with E-state index in [4.69, 9.17) is 0 Å². The first-order valence-electron chi connectivity index (χ1n) is 7.84. The van der Waals surface area contributed by atoms with Crippen molar-refractivity contribution in [2.45, 2.75) is 6.54 Å². The number of hydrogen-bond acceptors (Lipinski definition) is 4. The smallest absolute Gasteiger partial charge is 0.332 e. The summed E-state index contributed by atoms with van der Waals surface area (Å²) in [5.41, 5.74) is 0.774. The first-order chi connectivity index (χ1) is 11.1. The van der Waals surface area contributed by atoms with Gasteiger partial charge in [0.1, 0.15) is 5.82 Å². The molecule has 2 aromatic rings. The second kappa shape index (κ2) is 9.08. The highest BCUT2D eigenvalue weighted by Crippen LogP contribution is 2.14. The van der Waals surface area contributed by atoms with Gasteiger partial charge in [-0.25, -0.2) is 4.79 Å². The molecule has 6 nitrogen and oxygen atoms in total. The molecule has 0 unspecified atom stereocenters. The van der Waals surface area contributed by atoms with Crippen molar-refractivity contribution in [1.29, 1.82) is 0 Å². The number of halogens is 2. The molecule has 25 heavy (non-hydrogen) atoms. The van der Waals surface area contributed by atoms with Crippen LogP contribution >= 0.6 is 24.8 Å². The molecule has 1 aliphatic rings. The van der Waals surface area contributed by atoms with E-state index >= 15 is 0 Å². The summed E-state index contributed by atoms with van der Waals surface area (Å²) in [6.45, 7) is 4.39. The maximum atomic E-state index is 12.0. The Morgan fingerprint density at radius 1 is 0.880 bits per heavy atom. The van der Waals surface area contributed by atoms with Gasteiger partial charge in [-0.3, -0.25) is 18.8 Å². The van der Waals surface area contributed by atoms with Gasteiger partial charge in [-0.05, 0) is 5.56 Å². The molecule has 2 heterocycles. The fourth-order valence-corrected chi connectivity index (χ4v) is 3.00. The lowest BCUT2D eigenvalue weighted by Crippen LogP contribution is -2.49. The molecule has 1 saturated heterocycles. The number of benzene rings is 1. The highest BCUT2D eigenvalue weighted by Gasteiger charge is 2.20. The topological polar surface area (TPSA) is 50.5 Å². The summed E-state index contributed by atoms with van der Waals surface area (Å²) >= 11 is 0. The molecule has 0 aliphatic carbocycles. The molecule has 1 aliphatic heterocycles. The van der Waals surface area contributed by atoms with Gasteiger partial charge in [-0.2, -0.15) is 0 Å². The van der Waals surface area contributed by atoms with E-state index in [1.165, 1.54) is 12.6 Å². The molecule has 0 atom stereocenters. The molecule has 0 saturated carbocycles. The van der Waals surface area contributed by atoms with Crippen molar-refractivity contribution >= 4 is 30.6 Å². The first kappa shape index (κ1) is 21.3. The van der Waals surface area contributed by atoms with E-state index in [2.05, 4.69) is 34.1 Å². The Hall–Kier alpha value is -1.76. The van der Waals surface area contributed by atoms with Crippen LogP contribution < -0.4 is 16.1 Å². The maximum absolute atomic E-state index is 12.0. The number of nitrogens with zero attached hydrogens (tertiary/aromatic N) is 4. The van der Waals surface area contributed by atoms with Gasteiger partial charge in [-0.1, -0.05) is 30.3 Å². The molecule has 8 heteroatoms. The number of hydrogen-bond donors (Lipinski definition) is 0. The quantitative estimate of drug-likeness (QED) is 0.796. The summed E-state index contributed by atoms with van der Waals surface area (Å²) in [4.78, 5) is 28.4. The van der Waals surface area contributed by atoms with Gasteiger partial charge in [0.15, 0.2) is 0 Å². The minimum absolute atomic E-state index is 0. The van der Waals surface area contributed by atoms with Crippen LogP contribution in [-0.4, -0.2) is 40.2 Å². The van der Waals surface area contributed by atoms with E-state index < -0.39 is 0 Å². The highest BCUT2D eigenvalue weighted by molar-refractivity contribution is 5.85. The summed E-state index contributed by atoms with van der Waals surface area (Å²) in [6.07, 6.45) is 0. The standard InChI is InChI=1S/C17H22N4O2.2ClH/c1-18-15(12-16(22)19(2)17(18)23)21-10-8-20(9-11-21)13-14-6-4-3-5-7-14;;/h3-7,12H,8-11,13H2,1-2H3;2*1H. The van der Waals surface area contributed by atoms with Gasteiger partial charge >= 0.3 is 5.69 Å². The van der Waals surface area contributed by atoms with Crippen LogP contribution in [0, 0.1) is 0 Å². The zero-order valence-electron chi connectivity index (χ0n) is 14.4. The van der Waals surface area contributed by atoms with Crippen LogP contribution in [0.2, 0.25) is 0 Å². The second-order valence-corrected chi connectivity index (χ2v) is 5.99. The Balaban J connectivity index is 0.00000156. The lowest BCUT2D eigenvalue weighted by molar-refractivity contribution is 0.248. The van der Waals surface area contributed by atoms with E-state index in [0.717, 1.165) is 37.3 Å². The summed E-state index contributed by atoms with van der Waals surface area (Å²) < 4.78 is 2.68. The van der Waals surface area contributed by atoms with Crippen LogP contribution in [0.4, 0.5) is 5.82 Å². The van der Waals surface area contributed by atoms with Crippen LogP contribution in [0.25, 0.3) is 0 Å². The van der Waals surface area contributed by atoms with Gasteiger partial charge in [-0.15, -0.1) is 24.8 Å². The predicted octanol–water partition coefficient (Wildman–Crippen LogP) is 1.25. The number of anilines is 1. The van der Waals surface area contributed by atoms with Gasteiger partial charge < -0.3 is 4.90 Å². The fraction of sp³-hybridized carbons (Fsp3) is 0.412. The molecule has 138 valence electrons. The van der Waals surface area contributed by atoms with Crippen LogP contribution in [0.3, 0.4) is 0 Å². The second-order valence-electron chi connectivity index (χ2n) is 5.99. The van der Waals surface area contributed by atoms with Crippen molar-refractivity contribution in [3.63, 3.8) is 0 Å². The Bertz CT molecular complexity index is 797. The summed E-state index contributed by atoms with van der Waals surface area (Å²) in [5, 5.41) is 0. The molecule has 1 aromatic heterocycles. The number of piperazine rings is 1. The third-order valence-electron chi connectivity index (χ3n) is 4.45. The average Bonchev–Trinajstić information content (AvgIpc) is 2.58. The minimum atomic E-state index is -0.279. The van der Waals surface area contributed by atoms with E-state index in [9.17, 15) is 9.59 Å². The van der Waals surface area contributed by atoms with Gasteiger partial charge in [0.05, 0.1) is 0 Å². The predicted molar refractivity (Wildman–Crippen MR) is 105 cm³/mol. The molecule has 0 spiro atoms. The SMILES string of the molecule is Cl.Cl.Cn1c(N2CCN(Cc3ccccc3)CC2)cc(=O)n(C)c1=O. The lowest BCUT2D eigenvalue weighted by atomic mass is 10.2. The van der Waals surface area contributed by atoms with Crippen LogP contribution in [-0.2, 0) is 20.6 Å². The van der Waals surface area contributed by atoms with Crippen LogP contribution in [0.1, 0.15) is 5.56 Å². The van der Waals surface area contributed by atoms with Gasteiger partial charge in [0, 0.05) is 52.9 Å². The largest absolute Gasteiger partial charge is 0.355 e. The maximum Gasteiger partial charge on any atom is 0.332 e. The zero-order valence-corrected chi connectivity index (χ0v) is 16.1. The highest BCUT2D eigenvalue weighted by atomic mass is 35.5. The Labute approximate surface area is 159 Å². The van der Waals surface area contributed by atoms with Crippen molar-refractivity contribution in [3.8, 4) is 0 Å². The average molecular weight is 387 g/mol. The molecule has 0 bridgehead atoms. The van der Waals surface area contributed by atoms with Crippen molar-refractivity contribution in [2.75, 3.05) is 31.1 Å². The third kappa shape index (κ3) is 4.66. The van der Waals surface area contributed by atoms with Crippen LogP contribution in [0.5, 0.6) is 0 Å². The van der Waals surface area contributed by atoms with Crippen molar-refractivity contribution in [2.24, 2.45) is 14.1 Å².